The summed E-state index contributed by atoms with van der Waals surface area (Å²) in [6, 6.07) is 25.7. The first-order valence-electron chi connectivity index (χ1n) is 8.85. The molecule has 0 radical (unpaired) electrons. The van der Waals surface area contributed by atoms with Crippen LogP contribution in [0, 0.1) is 6.92 Å². The minimum atomic E-state index is -0.427. The number of hydrogen-bond donors (Lipinski definition) is 0. The van der Waals surface area contributed by atoms with Crippen molar-refractivity contribution in [3.8, 4) is 5.75 Å². The van der Waals surface area contributed by atoms with E-state index >= 15 is 0 Å². The van der Waals surface area contributed by atoms with E-state index in [0.717, 1.165) is 16.8 Å². The highest BCUT2D eigenvalue weighted by Gasteiger charge is 2.14. The lowest BCUT2D eigenvalue weighted by atomic mass is 10.1. The van der Waals surface area contributed by atoms with E-state index in [1.165, 1.54) is 0 Å². The number of esters is 1. The van der Waals surface area contributed by atoms with Gasteiger partial charge in [0.25, 0.3) is 0 Å². The number of rotatable bonds is 4. The van der Waals surface area contributed by atoms with Gasteiger partial charge in [0.2, 0.25) is 0 Å². The number of carbonyl (C=O) groups excluding carboxylic acids is 1. The lowest BCUT2D eigenvalue weighted by Gasteiger charge is -2.09. The average Bonchev–Trinajstić information content (AvgIpc) is 2.74. The standard InChI is InChI=1S/C23H17N3O2/c1-16-12-13-19-20(26-25-18-10-6-3-7-11-18)14-15-21(22(19)24-16)28-23(27)17-8-4-2-5-9-17/h2-15H,1H3. The van der Waals surface area contributed by atoms with Crippen LogP contribution in [0.4, 0.5) is 11.4 Å². The number of ether oxygens (including phenoxy) is 1. The van der Waals surface area contributed by atoms with Gasteiger partial charge in [0.15, 0.2) is 5.75 Å². The summed E-state index contributed by atoms with van der Waals surface area (Å²) < 4.78 is 5.61. The highest BCUT2D eigenvalue weighted by molar-refractivity contribution is 5.97. The van der Waals surface area contributed by atoms with Gasteiger partial charge in [-0.1, -0.05) is 36.4 Å². The first-order valence-corrected chi connectivity index (χ1v) is 8.85. The van der Waals surface area contributed by atoms with E-state index in [1.807, 2.05) is 55.5 Å². The van der Waals surface area contributed by atoms with Crippen molar-refractivity contribution in [1.29, 1.82) is 0 Å². The smallest absolute Gasteiger partial charge is 0.343 e. The van der Waals surface area contributed by atoms with Crippen LogP contribution in [0.5, 0.6) is 5.75 Å². The molecule has 4 rings (SSSR count). The molecule has 5 nitrogen and oxygen atoms in total. The zero-order chi connectivity index (χ0) is 19.3. The molecule has 0 saturated heterocycles. The Labute approximate surface area is 162 Å². The zero-order valence-corrected chi connectivity index (χ0v) is 15.2. The summed E-state index contributed by atoms with van der Waals surface area (Å²) in [6.07, 6.45) is 0. The minimum absolute atomic E-state index is 0.395. The van der Waals surface area contributed by atoms with Gasteiger partial charge in [0.05, 0.1) is 16.9 Å². The van der Waals surface area contributed by atoms with Crippen LogP contribution in [0.15, 0.2) is 95.2 Å². The molecule has 28 heavy (non-hydrogen) atoms. The number of azo groups is 1. The van der Waals surface area contributed by atoms with Crippen molar-refractivity contribution in [2.75, 3.05) is 0 Å². The summed E-state index contributed by atoms with van der Waals surface area (Å²) in [4.78, 5) is 17.0. The van der Waals surface area contributed by atoms with Crippen LogP contribution in [0.1, 0.15) is 16.1 Å². The second-order valence-electron chi connectivity index (χ2n) is 6.22. The number of pyridine rings is 1. The highest BCUT2D eigenvalue weighted by Crippen LogP contribution is 2.33. The molecule has 136 valence electrons. The van der Waals surface area contributed by atoms with Crippen molar-refractivity contribution in [3.05, 3.63) is 96.2 Å². The number of nitrogens with zero attached hydrogens (tertiary/aromatic N) is 3. The normalized spacial score (nSPS) is 11.0. The van der Waals surface area contributed by atoms with Crippen molar-refractivity contribution < 1.29 is 9.53 Å². The Balaban J connectivity index is 1.72. The molecule has 0 spiro atoms. The molecule has 3 aromatic carbocycles. The number of aryl methyl sites for hydroxylation is 1. The van der Waals surface area contributed by atoms with Gasteiger partial charge >= 0.3 is 5.97 Å². The van der Waals surface area contributed by atoms with Crippen molar-refractivity contribution in [3.63, 3.8) is 0 Å². The lowest BCUT2D eigenvalue weighted by molar-refractivity contribution is 0.0736. The van der Waals surface area contributed by atoms with Crippen LogP contribution in [-0.4, -0.2) is 11.0 Å². The molecule has 1 aromatic heterocycles. The Kier molecular flexibility index (Phi) is 4.89. The molecule has 0 amide bonds. The van der Waals surface area contributed by atoms with E-state index in [0.29, 0.717) is 22.5 Å². The van der Waals surface area contributed by atoms with Gasteiger partial charge in [-0.2, -0.15) is 5.11 Å². The van der Waals surface area contributed by atoms with Crippen LogP contribution in [0.2, 0.25) is 0 Å². The molecule has 0 unspecified atom stereocenters. The quantitative estimate of drug-likeness (QED) is 0.246. The van der Waals surface area contributed by atoms with Crippen LogP contribution < -0.4 is 4.74 Å². The van der Waals surface area contributed by atoms with E-state index in [-0.39, 0.29) is 0 Å². The Bertz CT molecular complexity index is 1160. The predicted octanol–water partition coefficient (Wildman–Crippen LogP) is 6.18. The molecule has 5 heteroatoms. The summed E-state index contributed by atoms with van der Waals surface area (Å²) in [5.74, 6) is -0.0323. The number of carbonyl (C=O) groups is 1. The third kappa shape index (κ3) is 3.78. The number of benzene rings is 3. The summed E-state index contributed by atoms with van der Waals surface area (Å²) in [7, 11) is 0. The van der Waals surface area contributed by atoms with Gasteiger partial charge in [0.1, 0.15) is 5.52 Å². The predicted molar refractivity (Wildman–Crippen MR) is 108 cm³/mol. The van der Waals surface area contributed by atoms with Gasteiger partial charge in [-0.25, -0.2) is 9.78 Å². The molecular formula is C23H17N3O2. The molecule has 0 atom stereocenters. The van der Waals surface area contributed by atoms with Crippen LogP contribution in [0.3, 0.4) is 0 Å². The van der Waals surface area contributed by atoms with E-state index < -0.39 is 5.97 Å². The third-order valence-corrected chi connectivity index (χ3v) is 4.18. The largest absolute Gasteiger partial charge is 0.421 e. The minimum Gasteiger partial charge on any atom is -0.421 e. The Hall–Kier alpha value is -3.86. The molecule has 0 saturated carbocycles. The topological polar surface area (TPSA) is 63.9 Å². The number of hydrogen-bond acceptors (Lipinski definition) is 5. The fourth-order valence-electron chi connectivity index (χ4n) is 2.78. The maximum absolute atomic E-state index is 12.4. The van der Waals surface area contributed by atoms with Crippen molar-refractivity contribution in [2.45, 2.75) is 6.92 Å². The van der Waals surface area contributed by atoms with Gasteiger partial charge in [-0.3, -0.25) is 0 Å². The summed E-state index contributed by atoms with van der Waals surface area (Å²) in [5.41, 5.74) is 3.30. The highest BCUT2D eigenvalue weighted by atomic mass is 16.5. The second-order valence-corrected chi connectivity index (χ2v) is 6.22. The maximum atomic E-state index is 12.4. The molecule has 0 aliphatic heterocycles. The van der Waals surface area contributed by atoms with Gasteiger partial charge in [0, 0.05) is 11.1 Å². The molecule has 0 N–H and O–H groups in total. The molecule has 0 fully saturated rings. The van der Waals surface area contributed by atoms with E-state index in [4.69, 9.17) is 4.74 Å². The van der Waals surface area contributed by atoms with Gasteiger partial charge in [-0.05, 0) is 55.5 Å². The Morgan fingerprint density at radius 2 is 1.54 bits per heavy atom. The Morgan fingerprint density at radius 1 is 0.821 bits per heavy atom. The van der Waals surface area contributed by atoms with Crippen molar-refractivity contribution in [1.82, 2.24) is 4.98 Å². The van der Waals surface area contributed by atoms with Crippen LogP contribution >= 0.6 is 0 Å². The molecule has 0 aliphatic carbocycles. The number of fused-ring (bicyclic) bond motifs is 1. The zero-order valence-electron chi connectivity index (χ0n) is 15.2. The van der Waals surface area contributed by atoms with E-state index in [9.17, 15) is 4.79 Å². The average molecular weight is 367 g/mol. The SMILES string of the molecule is Cc1ccc2c(N=Nc3ccccc3)ccc(OC(=O)c3ccccc3)c2n1. The first-order chi connectivity index (χ1) is 13.7. The van der Waals surface area contributed by atoms with Crippen molar-refractivity contribution in [2.24, 2.45) is 10.2 Å². The van der Waals surface area contributed by atoms with E-state index in [2.05, 4.69) is 15.2 Å². The summed E-state index contributed by atoms with van der Waals surface area (Å²) >= 11 is 0. The molecule has 0 bridgehead atoms. The summed E-state index contributed by atoms with van der Waals surface area (Å²) in [6.45, 7) is 1.89. The van der Waals surface area contributed by atoms with Crippen LogP contribution in [0.25, 0.3) is 10.9 Å². The lowest BCUT2D eigenvalue weighted by Crippen LogP contribution is -2.08. The monoisotopic (exact) mass is 367 g/mol. The fourth-order valence-corrected chi connectivity index (χ4v) is 2.78. The number of aromatic nitrogens is 1. The molecule has 1 heterocycles. The molecule has 4 aromatic rings. The fraction of sp³-hybridized carbons (Fsp3) is 0.0435. The summed E-state index contributed by atoms with van der Waals surface area (Å²) in [5, 5.41) is 9.40. The molecular weight excluding hydrogens is 350 g/mol. The van der Waals surface area contributed by atoms with Crippen molar-refractivity contribution >= 4 is 28.2 Å². The maximum Gasteiger partial charge on any atom is 0.343 e. The third-order valence-electron chi connectivity index (χ3n) is 4.18. The molecule has 0 aliphatic rings. The first kappa shape index (κ1) is 17.5. The van der Waals surface area contributed by atoms with Crippen LogP contribution in [-0.2, 0) is 0 Å². The Morgan fingerprint density at radius 3 is 2.29 bits per heavy atom. The van der Waals surface area contributed by atoms with Gasteiger partial charge < -0.3 is 4.74 Å². The van der Waals surface area contributed by atoms with Gasteiger partial charge in [-0.15, -0.1) is 5.11 Å². The second kappa shape index (κ2) is 7.80. The van der Waals surface area contributed by atoms with E-state index in [1.54, 1.807) is 36.4 Å².